The lowest BCUT2D eigenvalue weighted by Crippen LogP contribution is -2.23. The Labute approximate surface area is 245 Å². The van der Waals surface area contributed by atoms with Crippen LogP contribution in [0.2, 0.25) is 0 Å². The summed E-state index contributed by atoms with van der Waals surface area (Å²) in [6.45, 7) is 4.60. The molecule has 1 aliphatic rings. The van der Waals surface area contributed by atoms with Crippen LogP contribution in [-0.4, -0.2) is 127 Å². The van der Waals surface area contributed by atoms with Gasteiger partial charge in [0.2, 0.25) is 0 Å². The van der Waals surface area contributed by atoms with Crippen LogP contribution < -0.4 is 9.47 Å². The molecule has 12 heteroatoms. The van der Waals surface area contributed by atoms with E-state index >= 15 is 0 Å². The number of fused-ring (bicyclic) bond motifs is 2. The maximum Gasteiger partial charge on any atom is 0.198 e. The molecule has 0 radical (unpaired) electrons. The summed E-state index contributed by atoms with van der Waals surface area (Å²) in [5.41, 5.74) is 0.970. The number of hydrogen-bond donors (Lipinski definition) is 2. The van der Waals surface area contributed by atoms with Crippen LogP contribution in [0.3, 0.4) is 0 Å². The molecule has 2 aromatic rings. The molecule has 0 bridgehead atoms. The standard InChI is InChI=1S/C30H40O12/c31-7-9-35-11-13-37-15-17-39-19-21-41-25-5-1-3-23-27(25)30(34)24-4-2-6-26(28(24)29(23)33)42-22-20-40-18-16-38-14-12-36-10-8-32/h1-6,31-32H,7-22H2. The molecule has 0 spiro atoms. The normalized spacial score (nSPS) is 12.3. The van der Waals surface area contributed by atoms with E-state index in [4.69, 9.17) is 48.1 Å². The van der Waals surface area contributed by atoms with Crippen molar-refractivity contribution in [3.8, 4) is 11.5 Å². The Morgan fingerprint density at radius 2 is 0.738 bits per heavy atom. The van der Waals surface area contributed by atoms with Crippen LogP contribution in [0.25, 0.3) is 0 Å². The Balaban J connectivity index is 1.44. The highest BCUT2D eigenvalue weighted by atomic mass is 16.6. The number of carbonyl (C=O) groups is 2. The van der Waals surface area contributed by atoms with E-state index in [-0.39, 0.29) is 86.7 Å². The van der Waals surface area contributed by atoms with E-state index in [1.807, 2.05) is 0 Å². The van der Waals surface area contributed by atoms with E-state index in [2.05, 4.69) is 0 Å². The first-order valence-corrected chi connectivity index (χ1v) is 14.0. The summed E-state index contributed by atoms with van der Waals surface area (Å²) in [6, 6.07) is 9.89. The summed E-state index contributed by atoms with van der Waals surface area (Å²) in [5, 5.41) is 17.3. The molecule has 3 rings (SSSR count). The van der Waals surface area contributed by atoms with Crippen molar-refractivity contribution >= 4 is 11.6 Å². The molecule has 0 unspecified atom stereocenters. The SMILES string of the molecule is O=C1c2cccc(OCCOCCOCCOCCO)c2C(=O)c2cccc(OCCOCCOCCOCCO)c21. The molecule has 232 valence electrons. The second-order valence-electron chi connectivity index (χ2n) is 8.83. The van der Waals surface area contributed by atoms with E-state index in [1.165, 1.54) is 0 Å². The number of aliphatic hydroxyl groups excluding tert-OH is 2. The number of hydrogen-bond acceptors (Lipinski definition) is 12. The lowest BCUT2D eigenvalue weighted by atomic mass is 9.83. The van der Waals surface area contributed by atoms with Gasteiger partial charge in [-0.1, -0.05) is 24.3 Å². The quantitative estimate of drug-likeness (QED) is 0.145. The third kappa shape index (κ3) is 10.7. The predicted octanol–water partition coefficient (Wildman–Crippen LogP) is 1.30. The maximum atomic E-state index is 13.5. The van der Waals surface area contributed by atoms with Crippen molar-refractivity contribution in [1.82, 2.24) is 0 Å². The maximum absolute atomic E-state index is 13.5. The highest BCUT2D eigenvalue weighted by Gasteiger charge is 2.34. The topological polar surface area (TPSA) is 148 Å². The molecule has 0 aromatic heterocycles. The molecule has 0 atom stereocenters. The first kappa shape index (κ1) is 33.6. The lowest BCUT2D eigenvalue weighted by Gasteiger charge is -2.22. The zero-order chi connectivity index (χ0) is 29.8. The molecule has 2 aromatic carbocycles. The number of aliphatic hydroxyl groups is 2. The molecule has 0 heterocycles. The van der Waals surface area contributed by atoms with Crippen molar-refractivity contribution in [3.05, 3.63) is 58.7 Å². The van der Waals surface area contributed by atoms with Gasteiger partial charge in [-0.2, -0.15) is 0 Å². The van der Waals surface area contributed by atoms with Crippen molar-refractivity contribution < 1.29 is 57.7 Å². The van der Waals surface area contributed by atoms with Crippen LogP contribution in [-0.2, 0) is 28.4 Å². The number of ketones is 2. The van der Waals surface area contributed by atoms with Crippen LogP contribution in [0.15, 0.2) is 36.4 Å². The fourth-order valence-corrected chi connectivity index (χ4v) is 4.05. The van der Waals surface area contributed by atoms with Gasteiger partial charge in [-0.25, -0.2) is 0 Å². The van der Waals surface area contributed by atoms with Gasteiger partial charge in [0.25, 0.3) is 0 Å². The predicted molar refractivity (Wildman–Crippen MR) is 150 cm³/mol. The van der Waals surface area contributed by atoms with Gasteiger partial charge in [-0.3, -0.25) is 9.59 Å². The molecule has 0 saturated heterocycles. The first-order valence-electron chi connectivity index (χ1n) is 14.0. The van der Waals surface area contributed by atoms with Crippen molar-refractivity contribution in [1.29, 1.82) is 0 Å². The summed E-state index contributed by atoms with van der Waals surface area (Å²) in [4.78, 5) is 26.9. The number of benzene rings is 2. The minimum Gasteiger partial charge on any atom is -0.490 e. The summed E-state index contributed by atoms with van der Waals surface area (Å²) >= 11 is 0. The Bertz CT molecular complexity index is 1000. The van der Waals surface area contributed by atoms with Crippen LogP contribution in [0.4, 0.5) is 0 Å². The molecular formula is C30H40O12. The first-order chi connectivity index (χ1) is 20.7. The molecule has 2 N–H and O–H groups in total. The Morgan fingerprint density at radius 1 is 0.429 bits per heavy atom. The van der Waals surface area contributed by atoms with Gasteiger partial charge in [0.15, 0.2) is 11.6 Å². The summed E-state index contributed by atoms with van der Waals surface area (Å²) in [7, 11) is 0. The van der Waals surface area contributed by atoms with E-state index in [0.717, 1.165) is 0 Å². The zero-order valence-corrected chi connectivity index (χ0v) is 23.8. The second-order valence-corrected chi connectivity index (χ2v) is 8.83. The molecule has 12 nitrogen and oxygen atoms in total. The average Bonchev–Trinajstić information content (AvgIpc) is 3.01. The smallest absolute Gasteiger partial charge is 0.198 e. The molecule has 0 aliphatic heterocycles. The monoisotopic (exact) mass is 592 g/mol. The second kappa shape index (κ2) is 20.1. The zero-order valence-electron chi connectivity index (χ0n) is 23.8. The van der Waals surface area contributed by atoms with E-state index in [9.17, 15) is 9.59 Å². The van der Waals surface area contributed by atoms with E-state index in [1.54, 1.807) is 36.4 Å². The van der Waals surface area contributed by atoms with E-state index in [0.29, 0.717) is 64.4 Å². The van der Waals surface area contributed by atoms with Gasteiger partial charge < -0.3 is 48.1 Å². The molecule has 0 saturated carbocycles. The number of rotatable bonds is 24. The molecular weight excluding hydrogens is 552 g/mol. The molecule has 0 amide bonds. The van der Waals surface area contributed by atoms with Crippen molar-refractivity contribution in [3.63, 3.8) is 0 Å². The average molecular weight is 593 g/mol. The highest BCUT2D eigenvalue weighted by molar-refractivity contribution is 6.30. The third-order valence-electron chi connectivity index (χ3n) is 5.93. The van der Waals surface area contributed by atoms with Crippen molar-refractivity contribution in [2.45, 2.75) is 0 Å². The van der Waals surface area contributed by atoms with Crippen LogP contribution >= 0.6 is 0 Å². The Morgan fingerprint density at radius 3 is 1.07 bits per heavy atom. The van der Waals surface area contributed by atoms with Gasteiger partial charge in [-0.05, 0) is 12.1 Å². The van der Waals surface area contributed by atoms with Crippen LogP contribution in [0.5, 0.6) is 11.5 Å². The molecule has 42 heavy (non-hydrogen) atoms. The fraction of sp³-hybridized carbons (Fsp3) is 0.533. The molecule has 1 aliphatic carbocycles. The Hall–Kier alpha value is -2.94. The highest BCUT2D eigenvalue weighted by Crippen LogP contribution is 2.37. The van der Waals surface area contributed by atoms with Gasteiger partial charge in [0.05, 0.1) is 104 Å². The lowest BCUT2D eigenvalue weighted by molar-refractivity contribution is 0.00355. The van der Waals surface area contributed by atoms with Crippen molar-refractivity contribution in [2.24, 2.45) is 0 Å². The third-order valence-corrected chi connectivity index (χ3v) is 5.93. The minimum atomic E-state index is -0.310. The van der Waals surface area contributed by atoms with Gasteiger partial charge in [0.1, 0.15) is 24.7 Å². The number of ether oxygens (including phenoxy) is 8. The largest absolute Gasteiger partial charge is 0.490 e. The summed E-state index contributed by atoms with van der Waals surface area (Å²) in [6.07, 6.45) is 0. The Kier molecular flexibility index (Phi) is 16.0. The van der Waals surface area contributed by atoms with Gasteiger partial charge in [-0.15, -0.1) is 0 Å². The van der Waals surface area contributed by atoms with Gasteiger partial charge in [0, 0.05) is 11.1 Å². The van der Waals surface area contributed by atoms with Gasteiger partial charge >= 0.3 is 0 Å². The summed E-state index contributed by atoms with van der Waals surface area (Å²) in [5.74, 6) is 0.0167. The molecule has 0 fully saturated rings. The van der Waals surface area contributed by atoms with E-state index < -0.39 is 0 Å². The van der Waals surface area contributed by atoms with Crippen LogP contribution in [0.1, 0.15) is 31.8 Å². The minimum absolute atomic E-state index is 0.0191. The number of carbonyl (C=O) groups excluding carboxylic acids is 2. The van der Waals surface area contributed by atoms with Crippen LogP contribution in [0, 0.1) is 0 Å². The van der Waals surface area contributed by atoms with Crippen molar-refractivity contribution in [2.75, 3.05) is 106 Å². The fourth-order valence-electron chi connectivity index (χ4n) is 4.05. The summed E-state index contributed by atoms with van der Waals surface area (Å²) < 4.78 is 43.6.